The summed E-state index contributed by atoms with van der Waals surface area (Å²) in [5.41, 5.74) is 1.02. The molecule has 0 radical (unpaired) electrons. The summed E-state index contributed by atoms with van der Waals surface area (Å²) in [6.45, 7) is 6.57. The van der Waals surface area contributed by atoms with E-state index in [0.29, 0.717) is 44.8 Å². The molecule has 0 unspecified atom stereocenters. The van der Waals surface area contributed by atoms with Gasteiger partial charge in [0.2, 0.25) is 11.8 Å². The maximum atomic E-state index is 13.1. The number of rotatable bonds is 7. The van der Waals surface area contributed by atoms with Crippen molar-refractivity contribution in [2.24, 2.45) is 0 Å². The minimum Gasteiger partial charge on any atom is -0.378 e. The first-order valence-corrected chi connectivity index (χ1v) is 9.84. The number of benzene rings is 1. The van der Waals surface area contributed by atoms with Gasteiger partial charge in [-0.2, -0.15) is 5.10 Å². The van der Waals surface area contributed by atoms with E-state index in [4.69, 9.17) is 4.74 Å². The van der Waals surface area contributed by atoms with Gasteiger partial charge in [0.15, 0.2) is 0 Å². The second-order valence-corrected chi connectivity index (χ2v) is 7.03. The summed E-state index contributed by atoms with van der Waals surface area (Å²) in [4.78, 5) is 27.3. The predicted molar refractivity (Wildman–Crippen MR) is 107 cm³/mol. The highest BCUT2D eigenvalue weighted by Gasteiger charge is 2.36. The number of anilines is 1. The van der Waals surface area contributed by atoms with Crippen LogP contribution in [0, 0.1) is 0 Å². The topological polar surface area (TPSA) is 76.5 Å². The zero-order chi connectivity index (χ0) is 20.0. The highest BCUT2D eigenvalue weighted by molar-refractivity contribution is 5.99. The molecule has 2 aromatic rings. The Morgan fingerprint density at radius 2 is 1.82 bits per heavy atom. The third kappa shape index (κ3) is 4.25. The number of carbonyl (C=O) groups excluding carboxylic acids is 2. The van der Waals surface area contributed by atoms with Crippen molar-refractivity contribution >= 4 is 17.5 Å². The Bertz CT molecular complexity index is 793. The zero-order valence-electron chi connectivity index (χ0n) is 16.6. The van der Waals surface area contributed by atoms with E-state index in [-0.39, 0.29) is 18.4 Å². The summed E-state index contributed by atoms with van der Waals surface area (Å²) in [5, 5.41) is 7.22. The lowest BCUT2D eigenvalue weighted by molar-refractivity contribution is -0.136. The fourth-order valence-corrected chi connectivity index (χ4v) is 3.68. The summed E-state index contributed by atoms with van der Waals surface area (Å²) >= 11 is 0. The van der Waals surface area contributed by atoms with Crippen LogP contribution in [0.5, 0.6) is 0 Å². The predicted octanol–water partition coefficient (Wildman–Crippen LogP) is 2.44. The lowest BCUT2D eigenvalue weighted by atomic mass is 9.75. The minimum absolute atomic E-state index is 0.00465. The SMILES string of the molecule is CCC(CC)(C(=O)Nc1cnn(CC(=O)N2CCOCC2)c1)c1ccccc1. The number of carbonyl (C=O) groups is 2. The number of nitrogens with zero attached hydrogens (tertiary/aromatic N) is 3. The number of morpholine rings is 1. The first kappa shape index (κ1) is 20.1. The molecule has 1 aliphatic rings. The largest absolute Gasteiger partial charge is 0.378 e. The van der Waals surface area contributed by atoms with Crippen molar-refractivity contribution in [3.05, 3.63) is 48.3 Å². The summed E-state index contributed by atoms with van der Waals surface area (Å²) in [6, 6.07) is 9.86. The first-order valence-electron chi connectivity index (χ1n) is 9.84. The van der Waals surface area contributed by atoms with Crippen LogP contribution in [0.25, 0.3) is 0 Å². The number of hydrogen-bond donors (Lipinski definition) is 1. The molecule has 150 valence electrons. The van der Waals surface area contributed by atoms with Gasteiger partial charge >= 0.3 is 0 Å². The average Bonchev–Trinajstić information content (AvgIpc) is 3.17. The van der Waals surface area contributed by atoms with Crippen LogP contribution in [0.4, 0.5) is 5.69 Å². The Balaban J connectivity index is 1.68. The van der Waals surface area contributed by atoms with E-state index in [2.05, 4.69) is 10.4 Å². The van der Waals surface area contributed by atoms with Crippen molar-refractivity contribution in [2.45, 2.75) is 38.6 Å². The Morgan fingerprint density at radius 3 is 2.46 bits per heavy atom. The molecule has 0 spiro atoms. The quantitative estimate of drug-likeness (QED) is 0.795. The van der Waals surface area contributed by atoms with Crippen LogP contribution in [0.2, 0.25) is 0 Å². The highest BCUT2D eigenvalue weighted by atomic mass is 16.5. The van der Waals surface area contributed by atoms with Crippen molar-refractivity contribution in [3.63, 3.8) is 0 Å². The lowest BCUT2D eigenvalue weighted by Crippen LogP contribution is -2.42. The highest BCUT2D eigenvalue weighted by Crippen LogP contribution is 2.33. The van der Waals surface area contributed by atoms with E-state index < -0.39 is 5.41 Å². The zero-order valence-corrected chi connectivity index (χ0v) is 16.6. The molecule has 3 rings (SSSR count). The van der Waals surface area contributed by atoms with E-state index in [1.54, 1.807) is 22.0 Å². The van der Waals surface area contributed by atoms with Gasteiger partial charge in [0.25, 0.3) is 0 Å². The van der Waals surface area contributed by atoms with E-state index >= 15 is 0 Å². The Hall–Kier alpha value is -2.67. The molecule has 28 heavy (non-hydrogen) atoms. The Kier molecular flexibility index (Phi) is 6.46. The number of hydrogen-bond acceptors (Lipinski definition) is 4. The maximum Gasteiger partial charge on any atom is 0.244 e. The van der Waals surface area contributed by atoms with Crippen LogP contribution < -0.4 is 5.32 Å². The number of ether oxygens (including phenoxy) is 1. The van der Waals surface area contributed by atoms with Crippen LogP contribution in [0.1, 0.15) is 32.3 Å². The fraction of sp³-hybridized carbons (Fsp3) is 0.476. The second-order valence-electron chi connectivity index (χ2n) is 7.03. The molecule has 7 nitrogen and oxygen atoms in total. The van der Waals surface area contributed by atoms with Crippen LogP contribution in [0.15, 0.2) is 42.7 Å². The van der Waals surface area contributed by atoms with Gasteiger partial charge in [-0.25, -0.2) is 0 Å². The summed E-state index contributed by atoms with van der Waals surface area (Å²) < 4.78 is 6.84. The molecule has 0 atom stereocenters. The Labute approximate surface area is 165 Å². The summed E-state index contributed by atoms with van der Waals surface area (Å²) in [6.07, 6.45) is 4.69. The van der Waals surface area contributed by atoms with Gasteiger partial charge in [-0.1, -0.05) is 44.2 Å². The van der Waals surface area contributed by atoms with E-state index in [0.717, 1.165) is 5.56 Å². The van der Waals surface area contributed by atoms with Gasteiger partial charge in [-0.15, -0.1) is 0 Å². The Morgan fingerprint density at radius 1 is 1.14 bits per heavy atom. The minimum atomic E-state index is -0.590. The van der Waals surface area contributed by atoms with Gasteiger partial charge < -0.3 is 15.0 Å². The van der Waals surface area contributed by atoms with Gasteiger partial charge in [0.1, 0.15) is 6.54 Å². The summed E-state index contributed by atoms with van der Waals surface area (Å²) in [7, 11) is 0. The molecule has 7 heteroatoms. The third-order valence-electron chi connectivity index (χ3n) is 5.52. The molecule has 0 bridgehead atoms. The van der Waals surface area contributed by atoms with E-state index in [1.165, 1.54) is 0 Å². The first-order chi connectivity index (χ1) is 13.6. The normalized spacial score (nSPS) is 14.7. The van der Waals surface area contributed by atoms with Gasteiger partial charge in [-0.3, -0.25) is 14.3 Å². The van der Waals surface area contributed by atoms with Crippen molar-refractivity contribution in [1.82, 2.24) is 14.7 Å². The van der Waals surface area contributed by atoms with Crippen LogP contribution in [0.3, 0.4) is 0 Å². The molecule has 1 aromatic heterocycles. The smallest absolute Gasteiger partial charge is 0.244 e. The van der Waals surface area contributed by atoms with Crippen molar-refractivity contribution < 1.29 is 14.3 Å². The third-order valence-corrected chi connectivity index (χ3v) is 5.52. The maximum absolute atomic E-state index is 13.1. The van der Waals surface area contributed by atoms with E-state index in [1.807, 2.05) is 44.2 Å². The van der Waals surface area contributed by atoms with Crippen molar-refractivity contribution in [1.29, 1.82) is 0 Å². The lowest BCUT2D eigenvalue weighted by Gasteiger charge is -2.30. The fourth-order valence-electron chi connectivity index (χ4n) is 3.68. The standard InChI is InChI=1S/C21H28N4O3/c1-3-21(4-2,17-8-6-5-7-9-17)20(27)23-18-14-22-25(15-18)16-19(26)24-10-12-28-13-11-24/h5-9,14-15H,3-4,10-13,16H2,1-2H3,(H,23,27). The average molecular weight is 384 g/mol. The molecule has 1 aromatic carbocycles. The van der Waals surface area contributed by atoms with Crippen LogP contribution >= 0.6 is 0 Å². The molecule has 0 saturated carbocycles. The molecule has 0 aliphatic carbocycles. The molecular formula is C21H28N4O3. The number of nitrogens with one attached hydrogen (secondary N) is 1. The van der Waals surface area contributed by atoms with Crippen molar-refractivity contribution in [3.8, 4) is 0 Å². The van der Waals surface area contributed by atoms with Crippen LogP contribution in [-0.2, 0) is 26.3 Å². The second kappa shape index (κ2) is 9.01. The molecule has 1 saturated heterocycles. The number of amides is 2. The molecule has 1 aliphatic heterocycles. The monoisotopic (exact) mass is 384 g/mol. The van der Waals surface area contributed by atoms with Crippen LogP contribution in [-0.4, -0.2) is 52.8 Å². The molecular weight excluding hydrogens is 356 g/mol. The van der Waals surface area contributed by atoms with Gasteiger partial charge in [0.05, 0.1) is 30.5 Å². The molecule has 2 heterocycles. The molecule has 1 fully saturated rings. The van der Waals surface area contributed by atoms with Gasteiger partial charge in [-0.05, 0) is 18.4 Å². The van der Waals surface area contributed by atoms with Crippen molar-refractivity contribution in [2.75, 3.05) is 31.6 Å². The summed E-state index contributed by atoms with van der Waals surface area (Å²) in [5.74, 6) is -0.0484. The number of aromatic nitrogens is 2. The van der Waals surface area contributed by atoms with E-state index in [9.17, 15) is 9.59 Å². The molecule has 2 amide bonds. The van der Waals surface area contributed by atoms with Gasteiger partial charge in [0, 0.05) is 19.3 Å². The molecule has 1 N–H and O–H groups in total.